The monoisotopic (exact) mass is 275 g/mol. The summed E-state index contributed by atoms with van der Waals surface area (Å²) in [5.41, 5.74) is 7.19. The number of nitrogen functional groups attached to an aromatic ring is 1. The van der Waals surface area contributed by atoms with E-state index < -0.39 is 5.97 Å². The minimum absolute atomic E-state index is 0.159. The molecule has 0 unspecified atom stereocenters. The van der Waals surface area contributed by atoms with Crippen molar-refractivity contribution in [1.29, 1.82) is 0 Å². The smallest absolute Gasteiger partial charge is 0.337 e. The zero-order valence-corrected chi connectivity index (χ0v) is 10.9. The highest BCUT2D eigenvalue weighted by Crippen LogP contribution is 2.24. The predicted molar refractivity (Wildman–Crippen MR) is 72.9 cm³/mol. The van der Waals surface area contributed by atoms with Crippen molar-refractivity contribution in [2.24, 2.45) is 0 Å². The fraction of sp³-hybridized carbons (Fsp3) is 0.133. The van der Waals surface area contributed by atoms with E-state index in [2.05, 4.69) is 4.74 Å². The number of rotatable bonds is 4. The van der Waals surface area contributed by atoms with Gasteiger partial charge in [-0.05, 0) is 35.9 Å². The maximum atomic E-state index is 13.0. The molecule has 0 fully saturated rings. The average Bonchev–Trinajstić information content (AvgIpc) is 2.45. The first-order chi connectivity index (χ1) is 9.60. The molecule has 0 atom stereocenters. The van der Waals surface area contributed by atoms with Crippen LogP contribution in [0.3, 0.4) is 0 Å². The van der Waals surface area contributed by atoms with Gasteiger partial charge in [0.05, 0.1) is 18.4 Å². The van der Waals surface area contributed by atoms with Crippen molar-refractivity contribution >= 4 is 11.7 Å². The molecule has 0 aliphatic carbocycles. The van der Waals surface area contributed by atoms with Crippen LogP contribution < -0.4 is 10.5 Å². The van der Waals surface area contributed by atoms with Crippen molar-refractivity contribution in [1.82, 2.24) is 0 Å². The van der Waals surface area contributed by atoms with Gasteiger partial charge in [-0.1, -0.05) is 12.1 Å². The number of anilines is 1. The first-order valence-corrected chi connectivity index (χ1v) is 5.95. The zero-order valence-electron chi connectivity index (χ0n) is 10.9. The van der Waals surface area contributed by atoms with E-state index in [1.807, 2.05) is 0 Å². The number of halogens is 1. The molecule has 0 heterocycles. The molecule has 0 bridgehead atoms. The Morgan fingerprint density at radius 2 is 2.05 bits per heavy atom. The molecular formula is C15H14FNO3. The van der Waals surface area contributed by atoms with E-state index in [4.69, 9.17) is 10.5 Å². The lowest BCUT2D eigenvalue weighted by Gasteiger charge is -2.10. The molecule has 2 N–H and O–H groups in total. The van der Waals surface area contributed by atoms with Gasteiger partial charge in [0.2, 0.25) is 0 Å². The SMILES string of the molecule is COC(=O)c1ccc(N)c(OCc2cccc(F)c2)c1. The predicted octanol–water partition coefficient (Wildman–Crippen LogP) is 2.77. The van der Waals surface area contributed by atoms with E-state index in [9.17, 15) is 9.18 Å². The maximum absolute atomic E-state index is 13.0. The van der Waals surface area contributed by atoms with Gasteiger partial charge in [0, 0.05) is 0 Å². The highest BCUT2D eigenvalue weighted by molar-refractivity contribution is 5.90. The number of esters is 1. The summed E-state index contributed by atoms with van der Waals surface area (Å²) >= 11 is 0. The molecule has 104 valence electrons. The van der Waals surface area contributed by atoms with E-state index in [-0.39, 0.29) is 12.4 Å². The van der Waals surface area contributed by atoms with Crippen molar-refractivity contribution in [2.45, 2.75) is 6.61 Å². The lowest BCUT2D eigenvalue weighted by atomic mass is 10.2. The molecule has 0 aromatic heterocycles. The summed E-state index contributed by atoms with van der Waals surface area (Å²) in [6.45, 7) is 0.159. The molecule has 2 aromatic rings. The number of ether oxygens (including phenoxy) is 2. The number of hydrogen-bond acceptors (Lipinski definition) is 4. The average molecular weight is 275 g/mol. The second-order valence-electron chi connectivity index (χ2n) is 4.16. The molecule has 0 saturated heterocycles. The van der Waals surface area contributed by atoms with Gasteiger partial charge in [0.15, 0.2) is 0 Å². The lowest BCUT2D eigenvalue weighted by molar-refractivity contribution is 0.0600. The Morgan fingerprint density at radius 1 is 1.25 bits per heavy atom. The second-order valence-corrected chi connectivity index (χ2v) is 4.16. The van der Waals surface area contributed by atoms with E-state index in [0.717, 1.165) is 0 Å². The first kappa shape index (κ1) is 13.9. The van der Waals surface area contributed by atoms with Crippen LogP contribution in [-0.2, 0) is 11.3 Å². The van der Waals surface area contributed by atoms with Crippen LogP contribution in [0, 0.1) is 5.82 Å². The van der Waals surface area contributed by atoms with Crippen molar-refractivity contribution < 1.29 is 18.7 Å². The molecule has 4 nitrogen and oxygen atoms in total. The largest absolute Gasteiger partial charge is 0.487 e. The van der Waals surface area contributed by atoms with Gasteiger partial charge in [-0.2, -0.15) is 0 Å². The molecule has 0 aliphatic rings. The molecule has 2 rings (SSSR count). The van der Waals surface area contributed by atoms with Crippen molar-refractivity contribution in [3.63, 3.8) is 0 Å². The van der Waals surface area contributed by atoms with Gasteiger partial charge in [0.1, 0.15) is 18.2 Å². The summed E-state index contributed by atoms with van der Waals surface area (Å²) in [5, 5.41) is 0. The minimum atomic E-state index is -0.472. The summed E-state index contributed by atoms with van der Waals surface area (Å²) in [6, 6.07) is 10.7. The van der Waals surface area contributed by atoms with Gasteiger partial charge < -0.3 is 15.2 Å². The molecule has 20 heavy (non-hydrogen) atoms. The van der Waals surface area contributed by atoms with Crippen molar-refractivity contribution in [3.8, 4) is 5.75 Å². The van der Waals surface area contributed by atoms with E-state index >= 15 is 0 Å². The zero-order chi connectivity index (χ0) is 14.5. The second kappa shape index (κ2) is 6.06. The Kier molecular flexibility index (Phi) is 4.20. The van der Waals surface area contributed by atoms with Gasteiger partial charge in [0.25, 0.3) is 0 Å². The summed E-state index contributed by atoms with van der Waals surface area (Å²) in [4.78, 5) is 11.4. The molecule has 0 saturated carbocycles. The minimum Gasteiger partial charge on any atom is -0.487 e. The number of carbonyl (C=O) groups is 1. The third-order valence-electron chi connectivity index (χ3n) is 2.72. The standard InChI is InChI=1S/C15H14FNO3/c1-19-15(18)11-5-6-13(17)14(8-11)20-9-10-3-2-4-12(16)7-10/h2-8H,9,17H2,1H3. The molecule has 0 amide bonds. The topological polar surface area (TPSA) is 61.5 Å². The summed E-state index contributed by atoms with van der Waals surface area (Å²) in [7, 11) is 1.30. The number of benzene rings is 2. The number of carbonyl (C=O) groups excluding carboxylic acids is 1. The Morgan fingerprint density at radius 3 is 2.75 bits per heavy atom. The molecule has 5 heteroatoms. The van der Waals surface area contributed by atoms with Gasteiger partial charge >= 0.3 is 5.97 Å². The van der Waals surface area contributed by atoms with Crippen LogP contribution >= 0.6 is 0 Å². The quantitative estimate of drug-likeness (QED) is 0.688. The Balaban J connectivity index is 2.14. The van der Waals surface area contributed by atoms with E-state index in [0.29, 0.717) is 22.6 Å². The fourth-order valence-corrected chi connectivity index (χ4v) is 1.69. The summed E-state index contributed by atoms with van der Waals surface area (Å²) < 4.78 is 23.2. The lowest BCUT2D eigenvalue weighted by Crippen LogP contribution is -2.04. The van der Waals surface area contributed by atoms with Crippen LogP contribution in [0.1, 0.15) is 15.9 Å². The number of methoxy groups -OCH3 is 1. The van der Waals surface area contributed by atoms with E-state index in [1.165, 1.54) is 25.3 Å². The molecule has 2 aromatic carbocycles. The number of hydrogen-bond donors (Lipinski definition) is 1. The van der Waals surface area contributed by atoms with E-state index in [1.54, 1.807) is 24.3 Å². The third kappa shape index (κ3) is 3.26. The van der Waals surface area contributed by atoms with Crippen molar-refractivity contribution in [2.75, 3.05) is 12.8 Å². The third-order valence-corrected chi connectivity index (χ3v) is 2.72. The van der Waals surface area contributed by atoms with Crippen LogP contribution in [0.4, 0.5) is 10.1 Å². The Labute approximate surface area is 115 Å². The number of nitrogens with two attached hydrogens (primary N) is 1. The van der Waals surface area contributed by atoms with Crippen molar-refractivity contribution in [3.05, 3.63) is 59.4 Å². The highest BCUT2D eigenvalue weighted by atomic mass is 19.1. The van der Waals surface area contributed by atoms with Crippen LogP contribution in [0.2, 0.25) is 0 Å². The Hall–Kier alpha value is -2.56. The van der Waals surface area contributed by atoms with Gasteiger partial charge in [-0.25, -0.2) is 9.18 Å². The molecule has 0 radical (unpaired) electrons. The van der Waals surface area contributed by atoms with Crippen LogP contribution in [0.15, 0.2) is 42.5 Å². The summed E-state index contributed by atoms with van der Waals surface area (Å²) in [5.74, 6) is -0.444. The normalized spacial score (nSPS) is 10.1. The molecule has 0 spiro atoms. The van der Waals surface area contributed by atoms with Gasteiger partial charge in [-0.15, -0.1) is 0 Å². The molecule has 0 aliphatic heterocycles. The highest BCUT2D eigenvalue weighted by Gasteiger charge is 2.09. The Bertz CT molecular complexity index is 628. The maximum Gasteiger partial charge on any atom is 0.337 e. The fourth-order valence-electron chi connectivity index (χ4n) is 1.69. The first-order valence-electron chi connectivity index (χ1n) is 5.95. The van der Waals surface area contributed by atoms with Crippen LogP contribution in [-0.4, -0.2) is 13.1 Å². The van der Waals surface area contributed by atoms with Crippen LogP contribution in [0.25, 0.3) is 0 Å². The van der Waals surface area contributed by atoms with Crippen LogP contribution in [0.5, 0.6) is 5.75 Å². The summed E-state index contributed by atoms with van der Waals surface area (Å²) in [6.07, 6.45) is 0. The molecular weight excluding hydrogens is 261 g/mol. The van der Waals surface area contributed by atoms with Gasteiger partial charge in [-0.3, -0.25) is 0 Å².